The van der Waals surface area contributed by atoms with E-state index in [9.17, 15) is 14.7 Å². The van der Waals surface area contributed by atoms with Crippen LogP contribution in [0.15, 0.2) is 50.1 Å². The van der Waals surface area contributed by atoms with E-state index in [0.717, 1.165) is 6.42 Å². The van der Waals surface area contributed by atoms with Crippen molar-refractivity contribution >= 4 is 89.4 Å². The van der Waals surface area contributed by atoms with Gasteiger partial charge < -0.3 is 10.0 Å². The predicted octanol–water partition coefficient (Wildman–Crippen LogP) is 6.78. The van der Waals surface area contributed by atoms with Gasteiger partial charge in [0, 0.05) is 27.8 Å². The normalized spacial score (nSPS) is 10.5. The van der Waals surface area contributed by atoms with Gasteiger partial charge in [0.15, 0.2) is 5.82 Å². The number of hydrogen-bond donors (Lipinski definition) is 1. The number of carboxylic acid groups (broad SMARTS) is 1. The van der Waals surface area contributed by atoms with E-state index >= 15 is 0 Å². The molecule has 0 saturated carbocycles. The van der Waals surface area contributed by atoms with Gasteiger partial charge in [0.2, 0.25) is 0 Å². The molecule has 0 fully saturated rings. The molecule has 0 atom stereocenters. The second-order valence-corrected chi connectivity index (χ2v) is 9.46. The first-order valence-corrected chi connectivity index (χ1v) is 11.9. The van der Waals surface area contributed by atoms with Crippen molar-refractivity contribution in [1.29, 1.82) is 0 Å². The van der Waals surface area contributed by atoms with E-state index in [1.807, 2.05) is 6.92 Å². The third-order valence-corrected chi connectivity index (χ3v) is 6.09. The van der Waals surface area contributed by atoms with E-state index in [1.165, 1.54) is 15.6 Å². The Morgan fingerprint density at radius 3 is 2.56 bits per heavy atom. The molecule has 0 radical (unpaired) electrons. The Labute approximate surface area is 220 Å². The number of carboxylic acids is 1. The van der Waals surface area contributed by atoms with E-state index < -0.39 is 11.9 Å². The number of rotatable bonds is 7. The first-order valence-electron chi connectivity index (χ1n) is 9.15. The van der Waals surface area contributed by atoms with Gasteiger partial charge in [-0.1, -0.05) is 40.9 Å². The number of hydrogen-bond acceptors (Lipinski definition) is 4. The molecule has 32 heavy (non-hydrogen) atoms. The zero-order valence-electron chi connectivity index (χ0n) is 16.6. The molecule has 3 rings (SSSR count). The monoisotopic (exact) mass is 668 g/mol. The Kier molecular flexibility index (Phi) is 9.71. The quantitative estimate of drug-likeness (QED) is 0.300. The number of aromatic nitrogens is 3. The van der Waals surface area contributed by atoms with Crippen molar-refractivity contribution in [3.63, 3.8) is 0 Å². The molecule has 2 heterocycles. The summed E-state index contributed by atoms with van der Waals surface area (Å²) < 4.78 is 2.82. The standard InChI is InChI=1S/C20H16Br3ClN4O3.ClH/c1-2-3-7-27(17-12(20(30)31)8-11(21)9-13(17)22)19(29)15-10-16(23)26-28(15)18-14(24)5-4-6-25-18;/h4-6,8-10H,2-3,7H2,1H3,(H,30,31);1H. The van der Waals surface area contributed by atoms with Crippen LogP contribution >= 0.6 is 71.8 Å². The van der Waals surface area contributed by atoms with E-state index in [1.54, 1.807) is 30.5 Å². The van der Waals surface area contributed by atoms with E-state index in [0.29, 0.717) is 37.4 Å². The molecule has 12 heteroatoms. The van der Waals surface area contributed by atoms with Crippen LogP contribution in [-0.2, 0) is 0 Å². The molecular formula is C20H17Br3Cl2N4O3. The summed E-state index contributed by atoms with van der Waals surface area (Å²) in [5, 5.41) is 14.4. The number of aromatic carboxylic acids is 1. The van der Waals surface area contributed by atoms with Crippen molar-refractivity contribution in [1.82, 2.24) is 14.8 Å². The fourth-order valence-corrected chi connectivity index (χ4v) is 4.99. The summed E-state index contributed by atoms with van der Waals surface area (Å²) in [4.78, 5) is 31.4. The van der Waals surface area contributed by atoms with Crippen molar-refractivity contribution in [3.8, 4) is 5.82 Å². The number of carbonyl (C=O) groups is 2. The maximum atomic E-state index is 13.7. The highest BCUT2D eigenvalue weighted by Crippen LogP contribution is 2.35. The van der Waals surface area contributed by atoms with Crippen LogP contribution in [0, 0.1) is 0 Å². The Morgan fingerprint density at radius 2 is 1.94 bits per heavy atom. The van der Waals surface area contributed by atoms with Gasteiger partial charge >= 0.3 is 5.97 Å². The molecule has 0 aliphatic rings. The van der Waals surface area contributed by atoms with Gasteiger partial charge in [-0.25, -0.2) is 14.5 Å². The van der Waals surface area contributed by atoms with E-state index in [-0.39, 0.29) is 29.4 Å². The smallest absolute Gasteiger partial charge is 0.337 e. The fourth-order valence-electron chi connectivity index (χ4n) is 2.97. The zero-order valence-corrected chi connectivity index (χ0v) is 22.9. The average Bonchev–Trinajstić information content (AvgIpc) is 3.10. The molecular weight excluding hydrogens is 655 g/mol. The predicted molar refractivity (Wildman–Crippen MR) is 137 cm³/mol. The molecule has 0 bridgehead atoms. The summed E-state index contributed by atoms with van der Waals surface area (Å²) >= 11 is 16.3. The molecule has 0 unspecified atom stereocenters. The second-order valence-electron chi connectivity index (χ2n) is 6.47. The lowest BCUT2D eigenvalue weighted by atomic mass is 10.1. The van der Waals surface area contributed by atoms with Gasteiger partial charge in [0.05, 0.1) is 16.3 Å². The number of carbonyl (C=O) groups excluding carboxylic acids is 1. The highest BCUT2D eigenvalue weighted by atomic mass is 79.9. The molecule has 0 aliphatic carbocycles. The molecule has 1 aromatic carbocycles. The third kappa shape index (κ3) is 5.72. The van der Waals surface area contributed by atoms with Gasteiger partial charge in [0.25, 0.3) is 5.91 Å². The summed E-state index contributed by atoms with van der Waals surface area (Å²) in [5.41, 5.74) is 0.451. The molecule has 2 aromatic heterocycles. The van der Waals surface area contributed by atoms with Crippen LogP contribution in [0.1, 0.15) is 40.6 Å². The minimum atomic E-state index is -1.14. The summed E-state index contributed by atoms with van der Waals surface area (Å²) in [7, 11) is 0. The minimum absolute atomic E-state index is 0. The largest absolute Gasteiger partial charge is 0.478 e. The highest BCUT2D eigenvalue weighted by molar-refractivity contribution is 9.11. The van der Waals surface area contributed by atoms with Crippen molar-refractivity contribution < 1.29 is 14.7 Å². The van der Waals surface area contributed by atoms with Crippen LogP contribution in [0.3, 0.4) is 0 Å². The number of unbranched alkanes of at least 4 members (excludes halogenated alkanes) is 1. The first-order chi connectivity index (χ1) is 14.7. The van der Waals surface area contributed by atoms with Crippen LogP contribution in [0.25, 0.3) is 5.82 Å². The third-order valence-electron chi connectivity index (χ3n) is 4.35. The number of anilines is 1. The average molecular weight is 672 g/mol. The summed E-state index contributed by atoms with van der Waals surface area (Å²) in [6.07, 6.45) is 3.04. The molecule has 3 aromatic rings. The maximum absolute atomic E-state index is 13.7. The molecule has 1 amide bonds. The van der Waals surface area contributed by atoms with Gasteiger partial charge in [0.1, 0.15) is 10.3 Å². The summed E-state index contributed by atoms with van der Waals surface area (Å²) in [6.45, 7) is 2.31. The van der Waals surface area contributed by atoms with Crippen molar-refractivity contribution in [3.05, 3.63) is 66.4 Å². The minimum Gasteiger partial charge on any atom is -0.478 e. The number of benzene rings is 1. The second kappa shape index (κ2) is 11.6. The summed E-state index contributed by atoms with van der Waals surface area (Å²) in [5.74, 6) is -1.28. The highest BCUT2D eigenvalue weighted by Gasteiger charge is 2.29. The van der Waals surface area contributed by atoms with Crippen LogP contribution in [0.5, 0.6) is 0 Å². The molecule has 1 N–H and O–H groups in total. The molecule has 0 spiro atoms. The Balaban J connectivity index is 0.00000363. The number of amides is 1. The first kappa shape index (κ1) is 26.8. The maximum Gasteiger partial charge on any atom is 0.337 e. The fraction of sp³-hybridized carbons (Fsp3) is 0.200. The molecule has 7 nitrogen and oxygen atoms in total. The Hall–Kier alpha value is -1.46. The van der Waals surface area contributed by atoms with Gasteiger partial charge in [-0.05, 0) is 62.5 Å². The number of nitrogens with zero attached hydrogens (tertiary/aromatic N) is 4. The number of pyridine rings is 1. The van der Waals surface area contributed by atoms with Crippen molar-refractivity contribution in [2.24, 2.45) is 0 Å². The van der Waals surface area contributed by atoms with Crippen LogP contribution in [0.2, 0.25) is 5.02 Å². The van der Waals surface area contributed by atoms with E-state index in [4.69, 9.17) is 11.6 Å². The lowest BCUT2D eigenvalue weighted by Gasteiger charge is -2.26. The Bertz CT molecular complexity index is 1160. The van der Waals surface area contributed by atoms with Gasteiger partial charge in [-0.15, -0.1) is 12.4 Å². The lowest BCUT2D eigenvalue weighted by Crippen LogP contribution is -2.35. The van der Waals surface area contributed by atoms with Gasteiger partial charge in [-0.2, -0.15) is 5.10 Å². The number of halogens is 5. The van der Waals surface area contributed by atoms with Crippen LogP contribution < -0.4 is 4.90 Å². The zero-order chi connectivity index (χ0) is 22.7. The molecule has 170 valence electrons. The van der Waals surface area contributed by atoms with Gasteiger partial charge in [-0.3, -0.25) is 4.79 Å². The lowest BCUT2D eigenvalue weighted by molar-refractivity contribution is 0.0697. The van der Waals surface area contributed by atoms with Crippen LogP contribution in [0.4, 0.5) is 5.69 Å². The SMILES string of the molecule is CCCCN(C(=O)c1cc(Br)nn1-c1ncccc1Cl)c1c(Br)cc(Br)cc1C(=O)O.Cl. The molecule has 0 aliphatic heterocycles. The van der Waals surface area contributed by atoms with E-state index in [2.05, 4.69) is 57.9 Å². The topological polar surface area (TPSA) is 88.3 Å². The molecule has 0 saturated heterocycles. The van der Waals surface area contributed by atoms with Crippen molar-refractivity contribution in [2.45, 2.75) is 19.8 Å². The summed E-state index contributed by atoms with van der Waals surface area (Å²) in [6, 6.07) is 8.06. The Morgan fingerprint density at radius 1 is 1.22 bits per heavy atom. The van der Waals surface area contributed by atoms with Crippen LogP contribution in [-0.4, -0.2) is 38.3 Å². The van der Waals surface area contributed by atoms with Crippen molar-refractivity contribution in [2.75, 3.05) is 11.4 Å².